The van der Waals surface area contributed by atoms with Gasteiger partial charge >= 0.3 is 12.2 Å². The molecule has 114 valence electrons. The van der Waals surface area contributed by atoms with Crippen molar-refractivity contribution >= 4 is 40.9 Å². The second-order valence-corrected chi connectivity index (χ2v) is 5.23. The van der Waals surface area contributed by atoms with Crippen molar-refractivity contribution in [2.75, 3.05) is 29.4 Å². The Morgan fingerprint density at radius 1 is 1.55 bits per heavy atom. The maximum atomic E-state index is 11.9. The Hall–Kier alpha value is -2.44. The number of benzene rings is 1. The molecule has 0 aromatic heterocycles. The molecule has 0 bridgehead atoms. The predicted molar refractivity (Wildman–Crippen MR) is 83.0 cm³/mol. The Kier molecular flexibility index (Phi) is 3.79. The topological polar surface area (TPSA) is 82.4 Å². The molecule has 22 heavy (non-hydrogen) atoms. The second-order valence-electron chi connectivity index (χ2n) is 5.05. The van der Waals surface area contributed by atoms with Crippen molar-refractivity contribution in [2.45, 2.75) is 12.5 Å². The first-order valence-electron chi connectivity index (χ1n) is 6.75. The van der Waals surface area contributed by atoms with Crippen LogP contribution in [-0.4, -0.2) is 48.2 Å². The van der Waals surface area contributed by atoms with Crippen molar-refractivity contribution in [2.24, 2.45) is 4.99 Å². The minimum atomic E-state index is -0.967. The third-order valence-corrected chi connectivity index (χ3v) is 3.86. The number of fused-ring (bicyclic) bond motifs is 1. The number of carboxylic acid groups (broad SMARTS) is 1. The fourth-order valence-electron chi connectivity index (χ4n) is 2.72. The number of rotatable bonds is 3. The van der Waals surface area contributed by atoms with E-state index < -0.39 is 12.2 Å². The summed E-state index contributed by atoms with van der Waals surface area (Å²) < 4.78 is 5.21. The molecule has 8 heteroatoms. The van der Waals surface area contributed by atoms with E-state index in [0.29, 0.717) is 37.4 Å². The lowest BCUT2D eigenvalue weighted by atomic mass is 10.1. The van der Waals surface area contributed by atoms with Crippen LogP contribution in [0.25, 0.3) is 0 Å². The van der Waals surface area contributed by atoms with Crippen LogP contribution in [0.4, 0.5) is 21.0 Å². The molecule has 0 radical (unpaired) electrons. The number of hydrogen-bond donors (Lipinski definition) is 1. The van der Waals surface area contributed by atoms with Crippen LogP contribution in [0.1, 0.15) is 5.56 Å². The van der Waals surface area contributed by atoms with Crippen LogP contribution in [0.3, 0.4) is 0 Å². The smallest absolute Gasteiger partial charge is 0.414 e. The monoisotopic (exact) mass is 319 g/mol. The van der Waals surface area contributed by atoms with E-state index in [2.05, 4.69) is 22.4 Å². The minimum absolute atomic E-state index is 0.295. The molecule has 1 aromatic carbocycles. The molecule has 0 unspecified atom stereocenters. The zero-order chi connectivity index (χ0) is 15.7. The lowest BCUT2D eigenvalue weighted by Gasteiger charge is -2.16. The first kappa shape index (κ1) is 14.5. The number of aliphatic imine (C=N–C) groups is 1. The Labute approximate surface area is 131 Å². The fourth-order valence-corrected chi connectivity index (χ4v) is 2.80. The summed E-state index contributed by atoms with van der Waals surface area (Å²) in [6.45, 7) is 1.12. The van der Waals surface area contributed by atoms with E-state index in [4.69, 9.17) is 9.84 Å². The first-order valence-corrected chi connectivity index (χ1v) is 7.16. The molecule has 1 saturated heterocycles. The van der Waals surface area contributed by atoms with Crippen molar-refractivity contribution in [3.8, 4) is 0 Å². The summed E-state index contributed by atoms with van der Waals surface area (Å²) in [7, 11) is 0. The van der Waals surface area contributed by atoms with Crippen LogP contribution in [0.15, 0.2) is 23.2 Å². The van der Waals surface area contributed by atoms with Crippen LogP contribution in [0.2, 0.25) is 0 Å². The van der Waals surface area contributed by atoms with Crippen LogP contribution in [-0.2, 0) is 11.2 Å². The van der Waals surface area contributed by atoms with E-state index in [-0.39, 0.29) is 6.10 Å². The zero-order valence-electron chi connectivity index (χ0n) is 11.6. The van der Waals surface area contributed by atoms with Crippen molar-refractivity contribution in [1.82, 2.24) is 0 Å². The number of carbonyl (C=O) groups excluding carboxylic acids is 1. The van der Waals surface area contributed by atoms with Gasteiger partial charge < -0.3 is 9.84 Å². The highest BCUT2D eigenvalue weighted by molar-refractivity contribution is 7.78. The van der Waals surface area contributed by atoms with Gasteiger partial charge in [-0.25, -0.2) is 14.6 Å². The van der Waals surface area contributed by atoms with Crippen molar-refractivity contribution in [3.05, 3.63) is 23.8 Å². The molecule has 2 aliphatic rings. The Morgan fingerprint density at radius 2 is 2.36 bits per heavy atom. The standard InChI is InChI=1S/C14H13N3O4S/c18-13(19)16-4-3-9-5-10(1-2-12(9)16)17-7-11(6-15-8-22)21-14(17)20/h1-2,5,11H,3-4,6-7H2,(H,18,19)/t11-/m0/s1. The number of cyclic esters (lactones) is 1. The molecule has 2 heterocycles. The number of ether oxygens (including phenoxy) is 1. The van der Waals surface area contributed by atoms with E-state index in [1.807, 2.05) is 6.07 Å². The van der Waals surface area contributed by atoms with Gasteiger partial charge in [-0.15, -0.1) is 0 Å². The Morgan fingerprint density at radius 3 is 3.09 bits per heavy atom. The van der Waals surface area contributed by atoms with Gasteiger partial charge in [0.2, 0.25) is 0 Å². The van der Waals surface area contributed by atoms with Gasteiger partial charge in [-0.3, -0.25) is 9.80 Å². The maximum Gasteiger partial charge on any atom is 0.414 e. The van der Waals surface area contributed by atoms with Crippen LogP contribution < -0.4 is 9.80 Å². The number of hydrogen-bond acceptors (Lipinski definition) is 5. The van der Waals surface area contributed by atoms with Gasteiger partial charge in [0, 0.05) is 12.2 Å². The molecule has 3 rings (SSSR count). The number of nitrogens with zero attached hydrogens (tertiary/aromatic N) is 3. The minimum Gasteiger partial charge on any atom is -0.465 e. The van der Waals surface area contributed by atoms with Gasteiger partial charge in [-0.05, 0) is 42.4 Å². The van der Waals surface area contributed by atoms with Gasteiger partial charge in [0.15, 0.2) is 0 Å². The third kappa shape index (κ3) is 2.54. The fraction of sp³-hybridized carbons (Fsp3) is 0.357. The molecule has 2 aliphatic heterocycles. The molecule has 1 fully saturated rings. The maximum absolute atomic E-state index is 11.9. The van der Waals surface area contributed by atoms with Crippen LogP contribution in [0.5, 0.6) is 0 Å². The molecule has 1 atom stereocenters. The Balaban J connectivity index is 1.81. The molecular weight excluding hydrogens is 306 g/mol. The van der Waals surface area contributed by atoms with E-state index in [0.717, 1.165) is 5.56 Å². The zero-order valence-corrected chi connectivity index (χ0v) is 12.4. The summed E-state index contributed by atoms with van der Waals surface area (Å²) in [4.78, 5) is 29.7. The summed E-state index contributed by atoms with van der Waals surface area (Å²) in [5, 5.41) is 11.4. The lowest BCUT2D eigenvalue weighted by molar-refractivity contribution is 0.145. The van der Waals surface area contributed by atoms with E-state index >= 15 is 0 Å². The summed E-state index contributed by atoms with van der Waals surface area (Å²) in [5.74, 6) is 0. The van der Waals surface area contributed by atoms with Crippen LogP contribution in [0, 0.1) is 0 Å². The molecule has 2 amide bonds. The molecule has 0 spiro atoms. The lowest BCUT2D eigenvalue weighted by Crippen LogP contribution is -2.27. The number of amides is 2. The van der Waals surface area contributed by atoms with Crippen molar-refractivity contribution < 1.29 is 19.4 Å². The van der Waals surface area contributed by atoms with Gasteiger partial charge in [-0.1, -0.05) is 0 Å². The summed E-state index contributed by atoms with van der Waals surface area (Å²) in [6.07, 6.45) is -1.11. The second kappa shape index (κ2) is 5.75. The summed E-state index contributed by atoms with van der Waals surface area (Å²) in [6, 6.07) is 5.29. The average Bonchev–Trinajstić information content (AvgIpc) is 3.07. The molecule has 0 saturated carbocycles. The van der Waals surface area contributed by atoms with E-state index in [1.54, 1.807) is 12.1 Å². The number of thiocarbonyl (C=S) groups is 1. The average molecular weight is 319 g/mol. The highest BCUT2D eigenvalue weighted by atomic mass is 32.1. The third-order valence-electron chi connectivity index (χ3n) is 3.73. The van der Waals surface area contributed by atoms with Gasteiger partial charge in [0.05, 0.1) is 23.9 Å². The molecule has 1 N–H and O–H groups in total. The largest absolute Gasteiger partial charge is 0.465 e. The Bertz CT molecular complexity index is 687. The van der Waals surface area contributed by atoms with Gasteiger partial charge in [0.1, 0.15) is 6.10 Å². The normalized spacial score (nSPS) is 19.6. The summed E-state index contributed by atoms with van der Waals surface area (Å²) in [5.41, 5.74) is 2.28. The summed E-state index contributed by atoms with van der Waals surface area (Å²) >= 11 is 4.50. The molecule has 1 aromatic rings. The highest BCUT2D eigenvalue weighted by Gasteiger charge is 2.33. The van der Waals surface area contributed by atoms with E-state index in [9.17, 15) is 9.59 Å². The number of anilines is 2. The van der Waals surface area contributed by atoms with E-state index in [1.165, 1.54) is 9.80 Å². The quantitative estimate of drug-likeness (QED) is 0.682. The molecule has 7 nitrogen and oxygen atoms in total. The SMILES string of the molecule is O=C1O[C@@H](CN=C=S)CN1c1ccc2c(c1)CCN2C(=O)O. The van der Waals surface area contributed by atoms with Gasteiger partial charge in [-0.2, -0.15) is 0 Å². The number of carbonyl (C=O) groups is 2. The molecular formula is C14H13N3O4S. The van der Waals surface area contributed by atoms with Crippen molar-refractivity contribution in [1.29, 1.82) is 0 Å². The van der Waals surface area contributed by atoms with Gasteiger partial charge in [0.25, 0.3) is 0 Å². The van der Waals surface area contributed by atoms with Crippen LogP contribution >= 0.6 is 12.2 Å². The number of isothiocyanates is 1. The first-order chi connectivity index (χ1) is 10.6. The highest BCUT2D eigenvalue weighted by Crippen LogP contribution is 2.33. The molecule has 0 aliphatic carbocycles. The van der Waals surface area contributed by atoms with Crippen molar-refractivity contribution in [3.63, 3.8) is 0 Å². The predicted octanol–water partition coefficient (Wildman–Crippen LogP) is 2.16.